The molecule has 1 saturated carbocycles. The van der Waals surface area contributed by atoms with Crippen LogP contribution in [0.5, 0.6) is 0 Å². The summed E-state index contributed by atoms with van der Waals surface area (Å²) in [6.45, 7) is 1.36. The van der Waals surface area contributed by atoms with Crippen LogP contribution in [0.2, 0.25) is 5.02 Å². The van der Waals surface area contributed by atoms with E-state index in [-0.39, 0.29) is 54.5 Å². The van der Waals surface area contributed by atoms with Crippen LogP contribution in [-0.2, 0) is 27.5 Å². The molecular formula is C53H52ClF2N11O4. The Kier molecular flexibility index (Phi) is 14.0. The van der Waals surface area contributed by atoms with Crippen molar-refractivity contribution in [3.63, 3.8) is 0 Å². The molecule has 4 aromatic carbocycles. The first-order chi connectivity index (χ1) is 34.5. The van der Waals surface area contributed by atoms with Gasteiger partial charge in [0.2, 0.25) is 23.7 Å². The van der Waals surface area contributed by atoms with E-state index in [1.165, 1.54) is 23.1 Å². The van der Waals surface area contributed by atoms with Gasteiger partial charge in [0, 0.05) is 75.8 Å². The first kappa shape index (κ1) is 47.4. The largest absolute Gasteiger partial charge is 0.326 e. The molecule has 10 rings (SSSR count). The Bertz CT molecular complexity index is 3030. The van der Waals surface area contributed by atoms with Crippen molar-refractivity contribution in [2.24, 2.45) is 4.99 Å². The van der Waals surface area contributed by atoms with Gasteiger partial charge in [-0.1, -0.05) is 60.3 Å². The molecule has 0 radical (unpaired) electrons. The first-order valence-electron chi connectivity index (χ1n) is 24.3. The highest BCUT2D eigenvalue weighted by atomic mass is 35.5. The molecule has 3 aliphatic heterocycles. The molecule has 1 unspecified atom stereocenters. The van der Waals surface area contributed by atoms with Crippen molar-refractivity contribution in [1.82, 2.24) is 40.5 Å². The molecule has 1 saturated heterocycles. The SMILES string of the molecule is O=C1CCC(N2Cc3cc(NC(=O)CCCCCCCNC4CCC(n5cc(-c6ccc(Nc7ncc8c(n7)-c7ccc(Cl)cc7C(c7c(F)cccc7F)=NC8)cc6)nn5)CC4)ccc3C2=O)C(=O)N1. The second kappa shape index (κ2) is 21.0. The van der Waals surface area contributed by atoms with Crippen molar-refractivity contribution in [3.8, 4) is 22.5 Å². The van der Waals surface area contributed by atoms with E-state index in [2.05, 4.69) is 41.6 Å². The molecule has 2 fully saturated rings. The number of carbonyl (C=O) groups excluding carboxylic acids is 4. The predicted octanol–water partition coefficient (Wildman–Crippen LogP) is 9.24. The zero-order chi connectivity index (χ0) is 49.0. The predicted molar refractivity (Wildman–Crippen MR) is 265 cm³/mol. The summed E-state index contributed by atoms with van der Waals surface area (Å²) in [5, 5.41) is 21.7. The smallest absolute Gasteiger partial charge is 0.255 e. The van der Waals surface area contributed by atoms with Crippen LogP contribution in [-0.4, -0.2) is 77.8 Å². The van der Waals surface area contributed by atoms with Crippen LogP contribution >= 0.6 is 11.6 Å². The minimum absolute atomic E-state index is 0.0641. The number of nitrogens with one attached hydrogen (secondary N) is 4. The third-order valence-electron chi connectivity index (χ3n) is 13.8. The van der Waals surface area contributed by atoms with Gasteiger partial charge in [-0.25, -0.2) is 23.4 Å². The Morgan fingerprint density at radius 3 is 2.38 bits per heavy atom. The fourth-order valence-electron chi connectivity index (χ4n) is 10.0. The summed E-state index contributed by atoms with van der Waals surface area (Å²) in [6, 6.07) is 22.0. The van der Waals surface area contributed by atoms with Gasteiger partial charge in [-0.3, -0.25) is 29.5 Å². The van der Waals surface area contributed by atoms with Gasteiger partial charge in [0.1, 0.15) is 23.4 Å². The van der Waals surface area contributed by atoms with E-state index < -0.39 is 23.6 Å². The van der Waals surface area contributed by atoms with Gasteiger partial charge >= 0.3 is 0 Å². The van der Waals surface area contributed by atoms with E-state index in [4.69, 9.17) is 16.6 Å². The number of hydrogen-bond donors (Lipinski definition) is 4. The van der Waals surface area contributed by atoms with Crippen molar-refractivity contribution in [2.75, 3.05) is 17.2 Å². The lowest BCUT2D eigenvalue weighted by Gasteiger charge is -2.29. The molecule has 6 aromatic rings. The monoisotopic (exact) mass is 979 g/mol. The summed E-state index contributed by atoms with van der Waals surface area (Å²) in [7, 11) is 0. The third kappa shape index (κ3) is 10.6. The average molecular weight is 981 g/mol. The number of benzene rings is 4. The van der Waals surface area contributed by atoms with E-state index in [1.807, 2.05) is 35.1 Å². The van der Waals surface area contributed by atoms with Crippen molar-refractivity contribution in [2.45, 2.75) is 108 Å². The number of carbonyl (C=O) groups is 4. The molecule has 15 nitrogen and oxygen atoms in total. The van der Waals surface area contributed by atoms with Crippen LogP contribution in [0.1, 0.15) is 116 Å². The van der Waals surface area contributed by atoms with Gasteiger partial charge in [0.15, 0.2) is 0 Å². The van der Waals surface area contributed by atoms with E-state index in [1.54, 1.807) is 42.6 Å². The van der Waals surface area contributed by atoms with Gasteiger partial charge in [0.25, 0.3) is 5.91 Å². The maximum atomic E-state index is 15.0. The number of unbranched alkanes of at least 4 members (excludes halogenated alkanes) is 4. The highest BCUT2D eigenvalue weighted by Crippen LogP contribution is 2.36. The van der Waals surface area contributed by atoms with Gasteiger partial charge in [-0.15, -0.1) is 5.10 Å². The quantitative estimate of drug-likeness (QED) is 0.0538. The molecule has 1 atom stereocenters. The average Bonchev–Trinajstić information content (AvgIpc) is 3.95. The number of anilines is 3. The fraction of sp³-hybridized carbons (Fsp3) is 0.340. The van der Waals surface area contributed by atoms with Crippen LogP contribution in [0.3, 0.4) is 0 Å². The molecule has 71 heavy (non-hydrogen) atoms. The van der Waals surface area contributed by atoms with E-state index >= 15 is 0 Å². The van der Waals surface area contributed by atoms with Crippen LogP contribution < -0.4 is 21.3 Å². The molecule has 4 N–H and O–H groups in total. The van der Waals surface area contributed by atoms with Gasteiger partial charge < -0.3 is 20.9 Å². The molecule has 1 aliphatic carbocycles. The Hall–Kier alpha value is -7.24. The summed E-state index contributed by atoms with van der Waals surface area (Å²) >= 11 is 6.39. The lowest BCUT2D eigenvalue weighted by Crippen LogP contribution is -2.52. The first-order valence-corrected chi connectivity index (χ1v) is 24.7. The highest BCUT2D eigenvalue weighted by molar-refractivity contribution is 6.31. The molecule has 0 spiro atoms. The van der Waals surface area contributed by atoms with E-state index in [0.717, 1.165) is 86.8 Å². The second-order valence-electron chi connectivity index (χ2n) is 18.6. The summed E-state index contributed by atoms with van der Waals surface area (Å²) in [5.41, 5.74) is 6.74. The van der Waals surface area contributed by atoms with Crippen LogP contribution in [0.15, 0.2) is 96.2 Å². The number of halogens is 3. The molecule has 4 aliphatic rings. The fourth-order valence-corrected chi connectivity index (χ4v) is 10.2. The molecule has 364 valence electrons. The van der Waals surface area contributed by atoms with E-state index in [9.17, 15) is 28.0 Å². The highest BCUT2D eigenvalue weighted by Gasteiger charge is 2.39. The van der Waals surface area contributed by atoms with Crippen LogP contribution in [0.25, 0.3) is 22.5 Å². The summed E-state index contributed by atoms with van der Waals surface area (Å²) in [6.07, 6.45) is 13.8. The third-order valence-corrected chi connectivity index (χ3v) is 14.0. The molecule has 2 aromatic heterocycles. The molecular weight excluding hydrogens is 928 g/mol. The number of nitrogens with zero attached hydrogens (tertiary/aromatic N) is 7. The van der Waals surface area contributed by atoms with Crippen LogP contribution in [0, 0.1) is 11.6 Å². The topological polar surface area (TPSA) is 188 Å². The minimum Gasteiger partial charge on any atom is -0.326 e. The summed E-state index contributed by atoms with van der Waals surface area (Å²) in [5.74, 6) is -2.14. The van der Waals surface area contributed by atoms with Gasteiger partial charge in [-0.2, -0.15) is 0 Å². The molecule has 0 bridgehead atoms. The normalized spacial score (nSPS) is 18.5. The number of piperidine rings is 1. The number of aliphatic imine (C=N–C) groups is 1. The van der Waals surface area contributed by atoms with Gasteiger partial charge in [-0.05, 0) is 112 Å². The molecule has 18 heteroatoms. The van der Waals surface area contributed by atoms with Crippen molar-refractivity contribution >= 4 is 58.3 Å². The Morgan fingerprint density at radius 2 is 1.58 bits per heavy atom. The Balaban J connectivity index is 0.630. The zero-order valence-electron chi connectivity index (χ0n) is 38.9. The minimum atomic E-state index is -0.714. The Morgan fingerprint density at radius 1 is 0.817 bits per heavy atom. The number of hydrogen-bond acceptors (Lipinski definition) is 11. The number of amides is 4. The summed E-state index contributed by atoms with van der Waals surface area (Å²) < 4.78 is 32.0. The van der Waals surface area contributed by atoms with Crippen molar-refractivity contribution in [3.05, 3.63) is 136 Å². The van der Waals surface area contributed by atoms with Gasteiger partial charge in [0.05, 0.1) is 35.8 Å². The number of rotatable bonds is 16. The van der Waals surface area contributed by atoms with Crippen LogP contribution in [0.4, 0.5) is 26.1 Å². The van der Waals surface area contributed by atoms with E-state index in [0.29, 0.717) is 63.5 Å². The maximum Gasteiger partial charge on any atom is 0.255 e. The maximum absolute atomic E-state index is 15.0. The lowest BCUT2D eigenvalue weighted by atomic mass is 9.91. The number of imide groups is 1. The number of aromatic nitrogens is 5. The zero-order valence-corrected chi connectivity index (χ0v) is 39.7. The molecule has 4 amide bonds. The van der Waals surface area contributed by atoms with Crippen molar-refractivity contribution < 1.29 is 28.0 Å². The summed E-state index contributed by atoms with van der Waals surface area (Å²) in [4.78, 5) is 65.1. The van der Waals surface area contributed by atoms with Crippen molar-refractivity contribution in [1.29, 1.82) is 0 Å². The number of fused-ring (bicyclic) bond motifs is 4. The lowest BCUT2D eigenvalue weighted by molar-refractivity contribution is -0.137. The molecule has 5 heterocycles. The standard InChI is InChI=1S/C53H52ClF2N11O4/c54-34-12-20-40-41(26-34)50(48-42(55)7-6-8-43(48)56)58-27-33-28-59-53(63-49(33)40)61-36-13-10-31(11-14-36)44-30-67(65-64-44)38-18-15-35(16-19-38)57-24-5-3-1-2-4-9-46(68)60-37-17-21-39-32(25-37)29-66(52(39)71)45-22-23-47(69)62-51(45)70/h6-8,10-14,17,20-21,25-26,28,30,35,38,45,57H,1-5,9,15-16,18-19,22-24,27,29H2,(H,60,68)(H,59,61,63)(H,62,69,70). The second-order valence-corrected chi connectivity index (χ2v) is 19.0. The Labute approximate surface area is 413 Å².